The Morgan fingerprint density at radius 1 is 1.21 bits per heavy atom. The quantitative estimate of drug-likeness (QED) is 0.683. The number of pyridine rings is 1. The molecule has 19 heavy (non-hydrogen) atoms. The van der Waals surface area contributed by atoms with Gasteiger partial charge in [0.25, 0.3) is 0 Å². The Morgan fingerprint density at radius 3 is 2.74 bits per heavy atom. The van der Waals surface area contributed by atoms with Gasteiger partial charge in [0.2, 0.25) is 0 Å². The molecule has 3 rings (SSSR count). The van der Waals surface area contributed by atoms with Gasteiger partial charge in [0.1, 0.15) is 5.82 Å². The molecule has 0 saturated heterocycles. The second kappa shape index (κ2) is 4.28. The highest BCUT2D eigenvalue weighted by Gasteiger charge is 2.11. The predicted octanol–water partition coefficient (Wildman–Crippen LogP) is 3.84. The number of benzene rings is 1. The summed E-state index contributed by atoms with van der Waals surface area (Å²) in [5, 5.41) is 0. The first-order chi connectivity index (χ1) is 9.06. The van der Waals surface area contributed by atoms with E-state index in [2.05, 4.69) is 9.97 Å². The van der Waals surface area contributed by atoms with Gasteiger partial charge in [0.05, 0.1) is 11.2 Å². The number of nitrogens with one attached hydrogen (secondary N) is 1. The maximum Gasteiger partial charge on any atom is 0.184 e. The van der Waals surface area contributed by atoms with Gasteiger partial charge in [-0.05, 0) is 55.4 Å². The van der Waals surface area contributed by atoms with Gasteiger partial charge >= 0.3 is 0 Å². The van der Waals surface area contributed by atoms with Crippen LogP contribution in [-0.2, 0) is 0 Å². The van der Waals surface area contributed by atoms with Crippen LogP contribution in [-0.4, -0.2) is 14.5 Å². The number of aromatic amines is 1. The van der Waals surface area contributed by atoms with Crippen LogP contribution in [0, 0.1) is 24.4 Å². The van der Waals surface area contributed by atoms with E-state index < -0.39 is 0 Å². The number of nitrogens with zero attached hydrogens (tertiary/aromatic N) is 2. The Labute approximate surface area is 114 Å². The minimum Gasteiger partial charge on any atom is -0.329 e. The van der Waals surface area contributed by atoms with Gasteiger partial charge in [-0.25, -0.2) is 9.37 Å². The van der Waals surface area contributed by atoms with E-state index in [4.69, 9.17) is 12.2 Å². The number of hydrogen-bond donors (Lipinski definition) is 1. The summed E-state index contributed by atoms with van der Waals surface area (Å²) in [6.45, 7) is 3.80. The summed E-state index contributed by atoms with van der Waals surface area (Å²) in [6.07, 6.45) is 1.74. The summed E-state index contributed by atoms with van der Waals surface area (Å²) in [6, 6.07) is 7.01. The van der Waals surface area contributed by atoms with Crippen LogP contribution < -0.4 is 0 Å². The van der Waals surface area contributed by atoms with Crippen LogP contribution in [0.5, 0.6) is 0 Å². The second-order valence-corrected chi connectivity index (χ2v) is 4.99. The van der Waals surface area contributed by atoms with Crippen molar-refractivity contribution >= 4 is 23.4 Å². The molecule has 0 aliphatic heterocycles. The van der Waals surface area contributed by atoms with Gasteiger partial charge in [-0.3, -0.25) is 4.57 Å². The molecule has 5 heteroatoms. The molecule has 0 spiro atoms. The third-order valence-electron chi connectivity index (χ3n) is 3.00. The van der Waals surface area contributed by atoms with Crippen molar-refractivity contribution in [1.82, 2.24) is 14.5 Å². The first-order valence-electron chi connectivity index (χ1n) is 5.90. The number of imidazole rings is 1. The predicted molar refractivity (Wildman–Crippen MR) is 75.7 cm³/mol. The van der Waals surface area contributed by atoms with Crippen molar-refractivity contribution < 1.29 is 4.39 Å². The molecule has 3 nitrogen and oxygen atoms in total. The van der Waals surface area contributed by atoms with Crippen LogP contribution in [0.4, 0.5) is 4.39 Å². The fourth-order valence-corrected chi connectivity index (χ4v) is 2.41. The number of aryl methyl sites for hydroxylation is 2. The zero-order valence-electron chi connectivity index (χ0n) is 10.6. The van der Waals surface area contributed by atoms with Gasteiger partial charge in [0.15, 0.2) is 10.4 Å². The van der Waals surface area contributed by atoms with E-state index in [1.807, 2.05) is 26.0 Å². The van der Waals surface area contributed by atoms with Crippen molar-refractivity contribution in [3.8, 4) is 5.69 Å². The molecule has 3 aromatic rings. The van der Waals surface area contributed by atoms with Gasteiger partial charge in [-0.1, -0.05) is 6.07 Å². The van der Waals surface area contributed by atoms with Gasteiger partial charge in [0, 0.05) is 6.20 Å². The average Bonchev–Trinajstić information content (AvgIpc) is 2.65. The molecular weight excluding hydrogens is 261 g/mol. The molecule has 0 saturated carbocycles. The summed E-state index contributed by atoms with van der Waals surface area (Å²) in [5.74, 6) is -0.306. The standard InChI is InChI=1S/C14H12FN3S/c1-8-3-4-12(10(15)5-8)18-13-11(17-14(18)19)6-9(2)7-16-13/h3-7H,1-2H3,(H,17,19). The van der Waals surface area contributed by atoms with E-state index in [1.165, 1.54) is 6.07 Å². The summed E-state index contributed by atoms with van der Waals surface area (Å²) in [7, 11) is 0. The fraction of sp³-hybridized carbons (Fsp3) is 0.143. The highest BCUT2D eigenvalue weighted by atomic mass is 32.1. The van der Waals surface area contributed by atoms with E-state index in [9.17, 15) is 4.39 Å². The third kappa shape index (κ3) is 1.96. The molecule has 1 N–H and O–H groups in total. The minimum absolute atomic E-state index is 0.306. The zero-order chi connectivity index (χ0) is 13.6. The Bertz CT molecular complexity index is 832. The van der Waals surface area contributed by atoms with Crippen molar-refractivity contribution in [1.29, 1.82) is 0 Å². The molecule has 0 radical (unpaired) electrons. The Balaban J connectivity index is 2.36. The second-order valence-electron chi connectivity index (χ2n) is 4.60. The van der Waals surface area contributed by atoms with E-state index in [-0.39, 0.29) is 5.82 Å². The number of rotatable bonds is 1. The molecule has 96 valence electrons. The highest BCUT2D eigenvalue weighted by molar-refractivity contribution is 7.71. The lowest BCUT2D eigenvalue weighted by Crippen LogP contribution is -1.99. The van der Waals surface area contributed by atoms with Gasteiger partial charge in [-0.15, -0.1) is 0 Å². The normalized spacial score (nSPS) is 11.1. The van der Waals surface area contributed by atoms with E-state index in [0.717, 1.165) is 16.6 Å². The first-order valence-corrected chi connectivity index (χ1v) is 6.31. The van der Waals surface area contributed by atoms with Crippen molar-refractivity contribution in [3.63, 3.8) is 0 Å². The van der Waals surface area contributed by atoms with Crippen LogP contribution in [0.1, 0.15) is 11.1 Å². The molecule has 0 unspecified atom stereocenters. The maximum atomic E-state index is 14.1. The summed E-state index contributed by atoms with van der Waals surface area (Å²) in [5.41, 5.74) is 3.76. The Morgan fingerprint density at radius 2 is 2.00 bits per heavy atom. The molecule has 0 amide bonds. The number of fused-ring (bicyclic) bond motifs is 1. The molecule has 0 aliphatic rings. The molecule has 0 atom stereocenters. The van der Waals surface area contributed by atoms with Gasteiger partial charge < -0.3 is 4.98 Å². The van der Waals surface area contributed by atoms with Crippen molar-refractivity contribution in [3.05, 3.63) is 52.2 Å². The van der Waals surface area contributed by atoms with Crippen LogP contribution in [0.2, 0.25) is 0 Å². The largest absolute Gasteiger partial charge is 0.329 e. The monoisotopic (exact) mass is 273 g/mol. The average molecular weight is 273 g/mol. The number of halogens is 1. The van der Waals surface area contributed by atoms with Crippen LogP contribution in [0.15, 0.2) is 30.5 Å². The maximum absolute atomic E-state index is 14.1. The van der Waals surface area contributed by atoms with Crippen LogP contribution in [0.25, 0.3) is 16.9 Å². The van der Waals surface area contributed by atoms with Crippen molar-refractivity contribution in [2.45, 2.75) is 13.8 Å². The molecule has 0 aliphatic carbocycles. The van der Waals surface area contributed by atoms with Crippen molar-refractivity contribution in [2.75, 3.05) is 0 Å². The molecule has 2 aromatic heterocycles. The summed E-state index contributed by atoms with van der Waals surface area (Å²) >= 11 is 5.27. The third-order valence-corrected chi connectivity index (χ3v) is 3.29. The van der Waals surface area contributed by atoms with Crippen LogP contribution >= 0.6 is 12.2 Å². The summed E-state index contributed by atoms with van der Waals surface area (Å²) in [4.78, 5) is 7.40. The minimum atomic E-state index is -0.306. The summed E-state index contributed by atoms with van der Waals surface area (Å²) < 4.78 is 16.2. The van der Waals surface area contributed by atoms with E-state index in [0.29, 0.717) is 16.1 Å². The Kier molecular flexibility index (Phi) is 2.71. The lowest BCUT2D eigenvalue weighted by atomic mass is 10.2. The fourth-order valence-electron chi connectivity index (χ4n) is 2.12. The Hall–Kier alpha value is -2.01. The highest BCUT2D eigenvalue weighted by Crippen LogP contribution is 2.21. The lowest BCUT2D eigenvalue weighted by molar-refractivity contribution is 0.617. The van der Waals surface area contributed by atoms with Crippen molar-refractivity contribution in [2.24, 2.45) is 0 Å². The smallest absolute Gasteiger partial charge is 0.184 e. The topological polar surface area (TPSA) is 33.6 Å². The molecule has 0 bridgehead atoms. The van der Waals surface area contributed by atoms with E-state index >= 15 is 0 Å². The van der Waals surface area contributed by atoms with Crippen LogP contribution in [0.3, 0.4) is 0 Å². The molecule has 1 aromatic carbocycles. The zero-order valence-corrected chi connectivity index (χ0v) is 11.4. The number of hydrogen-bond acceptors (Lipinski definition) is 2. The first kappa shape index (κ1) is 12.0. The number of aromatic nitrogens is 3. The SMILES string of the molecule is Cc1ccc(-n2c(=S)[nH]c3cc(C)cnc32)c(F)c1. The molecule has 0 fully saturated rings. The number of H-pyrrole nitrogens is 1. The van der Waals surface area contributed by atoms with E-state index in [1.54, 1.807) is 16.8 Å². The molecule has 2 heterocycles. The molecular formula is C14H12FN3S. The lowest BCUT2D eigenvalue weighted by Gasteiger charge is -2.06. The van der Waals surface area contributed by atoms with Gasteiger partial charge in [-0.2, -0.15) is 0 Å².